The summed E-state index contributed by atoms with van der Waals surface area (Å²) in [5.41, 5.74) is 1.51. The van der Waals surface area contributed by atoms with Crippen molar-refractivity contribution in [2.75, 3.05) is 11.9 Å². The van der Waals surface area contributed by atoms with E-state index in [4.69, 9.17) is 0 Å². The summed E-state index contributed by atoms with van der Waals surface area (Å²) in [6, 6.07) is 2.11. The van der Waals surface area contributed by atoms with Crippen LogP contribution in [0, 0.1) is 5.92 Å². The highest BCUT2D eigenvalue weighted by Crippen LogP contribution is 2.29. The first-order chi connectivity index (χ1) is 9.22. The van der Waals surface area contributed by atoms with Crippen molar-refractivity contribution < 1.29 is 4.79 Å². The zero-order chi connectivity index (χ0) is 13.7. The number of amides is 1. The lowest BCUT2D eigenvalue weighted by Gasteiger charge is -2.32. The predicted octanol–water partition coefficient (Wildman–Crippen LogP) is 2.82. The van der Waals surface area contributed by atoms with Gasteiger partial charge >= 0.3 is 0 Å². The zero-order valence-corrected chi connectivity index (χ0v) is 11.8. The van der Waals surface area contributed by atoms with Crippen molar-refractivity contribution in [3.8, 4) is 0 Å². The molecule has 4 heteroatoms. The van der Waals surface area contributed by atoms with Crippen LogP contribution in [0.2, 0.25) is 0 Å². The molecule has 2 N–H and O–H groups in total. The summed E-state index contributed by atoms with van der Waals surface area (Å²) in [5.74, 6) is 0.624. The third kappa shape index (κ3) is 3.46. The fourth-order valence-electron chi connectivity index (χ4n) is 2.33. The second-order valence-corrected chi connectivity index (χ2v) is 5.30. The Morgan fingerprint density at radius 3 is 2.95 bits per heavy atom. The molecule has 0 spiro atoms. The van der Waals surface area contributed by atoms with Gasteiger partial charge in [-0.25, -0.2) is 0 Å². The maximum Gasteiger partial charge on any atom is 0.255 e. The SMILES string of the molecule is CCCNc1ccncc1C(=O)NC(C)C1CCC1. The van der Waals surface area contributed by atoms with Crippen LogP contribution in [-0.4, -0.2) is 23.5 Å². The molecular weight excluding hydrogens is 238 g/mol. The molecule has 19 heavy (non-hydrogen) atoms. The number of hydrogen-bond acceptors (Lipinski definition) is 3. The first-order valence-corrected chi connectivity index (χ1v) is 7.21. The van der Waals surface area contributed by atoms with E-state index in [-0.39, 0.29) is 11.9 Å². The van der Waals surface area contributed by atoms with Crippen molar-refractivity contribution in [2.45, 2.75) is 45.6 Å². The third-order valence-corrected chi connectivity index (χ3v) is 3.85. The first-order valence-electron chi connectivity index (χ1n) is 7.21. The Labute approximate surface area is 115 Å². The number of anilines is 1. The number of nitrogens with one attached hydrogen (secondary N) is 2. The Morgan fingerprint density at radius 2 is 2.32 bits per heavy atom. The number of rotatable bonds is 6. The van der Waals surface area contributed by atoms with Crippen LogP contribution in [0.4, 0.5) is 5.69 Å². The van der Waals surface area contributed by atoms with E-state index >= 15 is 0 Å². The topological polar surface area (TPSA) is 54.0 Å². The highest BCUT2D eigenvalue weighted by molar-refractivity contribution is 5.99. The summed E-state index contributed by atoms with van der Waals surface area (Å²) in [6.07, 6.45) is 8.14. The predicted molar refractivity (Wildman–Crippen MR) is 77.3 cm³/mol. The normalized spacial score (nSPS) is 16.5. The molecule has 0 aromatic carbocycles. The molecule has 4 nitrogen and oxygen atoms in total. The Hall–Kier alpha value is -1.58. The molecule has 1 unspecified atom stereocenters. The van der Waals surface area contributed by atoms with Gasteiger partial charge in [0.1, 0.15) is 0 Å². The van der Waals surface area contributed by atoms with E-state index in [1.54, 1.807) is 12.4 Å². The number of hydrogen-bond donors (Lipinski definition) is 2. The van der Waals surface area contributed by atoms with E-state index in [2.05, 4.69) is 29.5 Å². The summed E-state index contributed by atoms with van der Waals surface area (Å²) >= 11 is 0. The average molecular weight is 261 g/mol. The van der Waals surface area contributed by atoms with Gasteiger partial charge in [-0.15, -0.1) is 0 Å². The Bertz CT molecular complexity index is 429. The fraction of sp³-hybridized carbons (Fsp3) is 0.600. The van der Waals surface area contributed by atoms with Crippen molar-refractivity contribution in [3.63, 3.8) is 0 Å². The summed E-state index contributed by atoms with van der Waals surface area (Å²) in [5, 5.41) is 6.37. The van der Waals surface area contributed by atoms with Crippen LogP contribution in [-0.2, 0) is 0 Å². The summed E-state index contributed by atoms with van der Waals surface area (Å²) in [4.78, 5) is 16.4. The number of nitrogens with zero attached hydrogens (tertiary/aromatic N) is 1. The molecule has 2 rings (SSSR count). The number of carbonyl (C=O) groups excluding carboxylic acids is 1. The minimum absolute atomic E-state index is 0.0221. The Morgan fingerprint density at radius 1 is 1.53 bits per heavy atom. The van der Waals surface area contributed by atoms with Crippen LogP contribution in [0.25, 0.3) is 0 Å². The van der Waals surface area contributed by atoms with Crippen molar-refractivity contribution in [3.05, 3.63) is 24.0 Å². The van der Waals surface area contributed by atoms with Crippen LogP contribution in [0.15, 0.2) is 18.5 Å². The maximum atomic E-state index is 12.3. The summed E-state index contributed by atoms with van der Waals surface area (Å²) < 4.78 is 0. The second kappa shape index (κ2) is 6.55. The molecule has 1 aromatic heterocycles. The van der Waals surface area contributed by atoms with Crippen LogP contribution < -0.4 is 10.6 Å². The zero-order valence-electron chi connectivity index (χ0n) is 11.8. The van der Waals surface area contributed by atoms with E-state index in [9.17, 15) is 4.79 Å². The van der Waals surface area contributed by atoms with Gasteiger partial charge in [0.05, 0.1) is 11.3 Å². The standard InChI is InChI=1S/C15H23N3O/c1-3-8-17-14-7-9-16-10-13(14)15(19)18-11(2)12-5-4-6-12/h7,9-12H,3-6,8H2,1-2H3,(H,16,17)(H,18,19). The monoisotopic (exact) mass is 261 g/mol. The fourth-order valence-corrected chi connectivity index (χ4v) is 2.33. The van der Waals surface area contributed by atoms with Crippen LogP contribution >= 0.6 is 0 Å². The second-order valence-electron chi connectivity index (χ2n) is 5.30. The maximum absolute atomic E-state index is 12.3. The van der Waals surface area contributed by atoms with Gasteiger partial charge in [0.15, 0.2) is 0 Å². The largest absolute Gasteiger partial charge is 0.384 e. The smallest absolute Gasteiger partial charge is 0.255 e. The molecule has 0 bridgehead atoms. The van der Waals surface area contributed by atoms with Gasteiger partial charge in [0, 0.05) is 25.0 Å². The van der Waals surface area contributed by atoms with E-state index < -0.39 is 0 Å². The van der Waals surface area contributed by atoms with Crippen molar-refractivity contribution in [1.29, 1.82) is 0 Å². The van der Waals surface area contributed by atoms with Crippen LogP contribution in [0.5, 0.6) is 0 Å². The molecule has 104 valence electrons. The minimum atomic E-state index is -0.0221. The molecule has 1 aliphatic rings. The highest BCUT2D eigenvalue weighted by Gasteiger charge is 2.25. The molecule has 1 aromatic rings. The Kier molecular flexibility index (Phi) is 4.77. The lowest BCUT2D eigenvalue weighted by molar-refractivity contribution is 0.0909. The van der Waals surface area contributed by atoms with E-state index in [0.29, 0.717) is 11.5 Å². The van der Waals surface area contributed by atoms with Gasteiger partial charge in [-0.1, -0.05) is 13.3 Å². The van der Waals surface area contributed by atoms with Crippen LogP contribution in [0.1, 0.15) is 49.9 Å². The van der Waals surface area contributed by atoms with E-state index in [1.807, 2.05) is 6.07 Å². The highest BCUT2D eigenvalue weighted by atomic mass is 16.1. The average Bonchev–Trinajstić information content (AvgIpc) is 2.34. The van der Waals surface area contributed by atoms with Crippen molar-refractivity contribution in [1.82, 2.24) is 10.3 Å². The molecule has 0 aliphatic heterocycles. The van der Waals surface area contributed by atoms with Crippen molar-refractivity contribution in [2.24, 2.45) is 5.92 Å². The lowest BCUT2D eigenvalue weighted by atomic mass is 9.80. The van der Waals surface area contributed by atoms with Crippen LogP contribution in [0.3, 0.4) is 0 Å². The molecule has 0 radical (unpaired) electrons. The van der Waals surface area contributed by atoms with Gasteiger partial charge in [0.25, 0.3) is 5.91 Å². The first kappa shape index (κ1) is 13.8. The van der Waals surface area contributed by atoms with E-state index in [1.165, 1.54) is 19.3 Å². The summed E-state index contributed by atoms with van der Waals surface area (Å²) in [7, 11) is 0. The van der Waals surface area contributed by atoms with Crippen molar-refractivity contribution >= 4 is 11.6 Å². The van der Waals surface area contributed by atoms with Gasteiger partial charge in [-0.2, -0.15) is 0 Å². The summed E-state index contributed by atoms with van der Waals surface area (Å²) in [6.45, 7) is 5.06. The molecule has 1 saturated carbocycles. The number of carbonyl (C=O) groups is 1. The lowest BCUT2D eigenvalue weighted by Crippen LogP contribution is -2.40. The molecule has 1 heterocycles. The molecule has 1 aliphatic carbocycles. The number of aromatic nitrogens is 1. The Balaban J connectivity index is 2.00. The van der Waals surface area contributed by atoms with Gasteiger partial charge in [-0.05, 0) is 38.2 Å². The number of pyridine rings is 1. The van der Waals surface area contributed by atoms with Gasteiger partial charge < -0.3 is 10.6 Å². The van der Waals surface area contributed by atoms with Gasteiger partial charge in [-0.3, -0.25) is 9.78 Å². The molecule has 0 saturated heterocycles. The molecular formula is C15H23N3O. The molecule has 1 fully saturated rings. The molecule has 1 atom stereocenters. The quantitative estimate of drug-likeness (QED) is 0.828. The molecule has 1 amide bonds. The third-order valence-electron chi connectivity index (χ3n) is 3.85. The van der Waals surface area contributed by atoms with E-state index in [0.717, 1.165) is 18.7 Å². The van der Waals surface area contributed by atoms with Gasteiger partial charge in [0.2, 0.25) is 0 Å². The minimum Gasteiger partial charge on any atom is -0.384 e.